The third-order valence-corrected chi connectivity index (χ3v) is 8.17. The van der Waals surface area contributed by atoms with Gasteiger partial charge in [0.05, 0.1) is 18.3 Å². The van der Waals surface area contributed by atoms with Crippen LogP contribution >= 0.6 is 0 Å². The van der Waals surface area contributed by atoms with Crippen LogP contribution in [0.3, 0.4) is 0 Å². The third-order valence-electron chi connectivity index (χ3n) is 8.17. The number of nitrogens with one attached hydrogen (secondary N) is 2. The molecule has 3 aromatic rings. The lowest BCUT2D eigenvalue weighted by Gasteiger charge is -2.40. The first kappa shape index (κ1) is 22.8. The summed E-state index contributed by atoms with van der Waals surface area (Å²) in [7, 11) is 0. The number of rotatable bonds is 6. The molecule has 1 aliphatic carbocycles. The first-order chi connectivity index (χ1) is 17.5. The van der Waals surface area contributed by atoms with E-state index in [1.54, 1.807) is 6.20 Å². The number of benzene rings is 2. The van der Waals surface area contributed by atoms with Crippen molar-refractivity contribution >= 4 is 17.6 Å². The number of H-pyrrole nitrogens is 1. The predicted molar refractivity (Wildman–Crippen MR) is 137 cm³/mol. The Hall–Kier alpha value is -3.65. The van der Waals surface area contributed by atoms with E-state index in [1.165, 1.54) is 0 Å². The number of aromatic amines is 1. The maximum absolute atomic E-state index is 13.8. The van der Waals surface area contributed by atoms with E-state index in [4.69, 9.17) is 4.74 Å². The molecule has 2 atom stereocenters. The zero-order valence-electron chi connectivity index (χ0n) is 20.4. The average molecular weight is 486 g/mol. The number of carbonyl (C=O) groups is 2. The normalized spacial score (nSPS) is 24.8. The fourth-order valence-corrected chi connectivity index (χ4v) is 5.70. The summed E-state index contributed by atoms with van der Waals surface area (Å²) in [5, 5.41) is 10.1. The fraction of sp³-hybridized carbons (Fsp3) is 0.393. The summed E-state index contributed by atoms with van der Waals surface area (Å²) in [4.78, 5) is 30.6. The molecule has 2 aliphatic heterocycles. The van der Waals surface area contributed by atoms with Gasteiger partial charge in [0.25, 0.3) is 5.91 Å². The van der Waals surface area contributed by atoms with Crippen molar-refractivity contribution in [1.29, 1.82) is 0 Å². The van der Waals surface area contributed by atoms with E-state index in [2.05, 4.69) is 27.3 Å². The Morgan fingerprint density at radius 2 is 1.86 bits per heavy atom. The number of aromatic nitrogens is 2. The van der Waals surface area contributed by atoms with Crippen LogP contribution in [-0.4, -0.2) is 64.4 Å². The number of hydrogen-bond acceptors (Lipinski definition) is 4. The number of nitrogens with zero attached hydrogens (tertiary/aromatic N) is 3. The van der Waals surface area contributed by atoms with Crippen LogP contribution in [0.2, 0.25) is 0 Å². The summed E-state index contributed by atoms with van der Waals surface area (Å²) < 4.78 is 5.68. The van der Waals surface area contributed by atoms with Crippen LogP contribution in [0.15, 0.2) is 67.0 Å². The SMILES string of the molecule is CC1(NC(=O)c2ccccc2)CC1CN1C(=O)N(c2ccc(-c3cn[nH]c3)cc2)CC12CCOCC2. The summed E-state index contributed by atoms with van der Waals surface area (Å²) in [6.07, 6.45) is 6.15. The van der Waals surface area contributed by atoms with E-state index in [1.807, 2.05) is 65.7 Å². The van der Waals surface area contributed by atoms with Gasteiger partial charge in [-0.05, 0) is 56.0 Å². The molecular weight excluding hydrogens is 454 g/mol. The van der Waals surface area contributed by atoms with Crippen LogP contribution in [-0.2, 0) is 4.74 Å². The number of anilines is 1. The Morgan fingerprint density at radius 1 is 1.11 bits per heavy atom. The Bertz CT molecular complexity index is 1240. The van der Waals surface area contributed by atoms with Crippen LogP contribution in [0, 0.1) is 5.92 Å². The number of hydrogen-bond donors (Lipinski definition) is 2. The minimum absolute atomic E-state index is 0.0385. The van der Waals surface area contributed by atoms with Crippen LogP contribution in [0.1, 0.15) is 36.5 Å². The lowest BCUT2D eigenvalue weighted by Crippen LogP contribution is -2.52. The maximum atomic E-state index is 13.8. The second-order valence-corrected chi connectivity index (χ2v) is 10.5. The van der Waals surface area contributed by atoms with Crippen LogP contribution in [0.4, 0.5) is 10.5 Å². The second kappa shape index (κ2) is 8.78. The van der Waals surface area contributed by atoms with Gasteiger partial charge in [0.2, 0.25) is 0 Å². The van der Waals surface area contributed by atoms with Crippen molar-refractivity contribution in [3.63, 3.8) is 0 Å². The van der Waals surface area contributed by atoms with Crippen molar-refractivity contribution < 1.29 is 14.3 Å². The highest BCUT2D eigenvalue weighted by Gasteiger charge is 2.57. The van der Waals surface area contributed by atoms with E-state index in [0.29, 0.717) is 31.9 Å². The van der Waals surface area contributed by atoms with E-state index in [0.717, 1.165) is 36.1 Å². The maximum Gasteiger partial charge on any atom is 0.325 e. The number of amides is 3. The van der Waals surface area contributed by atoms with Gasteiger partial charge < -0.3 is 15.0 Å². The number of carbonyl (C=O) groups excluding carboxylic acids is 2. The van der Waals surface area contributed by atoms with Gasteiger partial charge in [0.1, 0.15) is 0 Å². The van der Waals surface area contributed by atoms with Gasteiger partial charge in [-0.15, -0.1) is 0 Å². The molecule has 6 rings (SSSR count). The molecule has 3 amide bonds. The molecule has 2 aromatic carbocycles. The molecule has 0 bridgehead atoms. The predicted octanol–water partition coefficient (Wildman–Crippen LogP) is 4.08. The molecule has 8 nitrogen and oxygen atoms in total. The van der Waals surface area contributed by atoms with Crippen molar-refractivity contribution in [3.8, 4) is 11.1 Å². The molecule has 2 unspecified atom stereocenters. The van der Waals surface area contributed by atoms with Gasteiger partial charge in [-0.25, -0.2) is 4.79 Å². The molecular formula is C28H31N5O3. The Morgan fingerprint density at radius 3 is 2.56 bits per heavy atom. The molecule has 2 saturated heterocycles. The van der Waals surface area contributed by atoms with Gasteiger partial charge in [-0.1, -0.05) is 30.3 Å². The minimum atomic E-state index is -0.306. The minimum Gasteiger partial charge on any atom is -0.381 e. The monoisotopic (exact) mass is 485 g/mol. The molecule has 1 aromatic heterocycles. The summed E-state index contributed by atoms with van der Waals surface area (Å²) in [6, 6.07) is 17.4. The highest BCUT2D eigenvalue weighted by atomic mass is 16.5. The van der Waals surface area contributed by atoms with Gasteiger partial charge in [0, 0.05) is 54.2 Å². The first-order valence-corrected chi connectivity index (χ1v) is 12.6. The molecule has 1 spiro atoms. The van der Waals surface area contributed by atoms with Gasteiger partial charge in [-0.3, -0.25) is 14.8 Å². The molecule has 0 radical (unpaired) electrons. The van der Waals surface area contributed by atoms with Crippen LogP contribution < -0.4 is 10.2 Å². The van der Waals surface area contributed by atoms with Gasteiger partial charge in [-0.2, -0.15) is 5.10 Å². The lowest BCUT2D eigenvalue weighted by molar-refractivity contribution is 0.00672. The second-order valence-electron chi connectivity index (χ2n) is 10.5. The lowest BCUT2D eigenvalue weighted by atomic mass is 9.89. The van der Waals surface area contributed by atoms with Crippen molar-refractivity contribution in [2.24, 2.45) is 5.92 Å². The van der Waals surface area contributed by atoms with Gasteiger partial charge in [0.15, 0.2) is 0 Å². The highest BCUT2D eigenvalue weighted by molar-refractivity contribution is 5.96. The highest BCUT2D eigenvalue weighted by Crippen LogP contribution is 2.47. The third kappa shape index (κ3) is 4.05. The largest absolute Gasteiger partial charge is 0.381 e. The summed E-state index contributed by atoms with van der Waals surface area (Å²) >= 11 is 0. The van der Waals surface area contributed by atoms with E-state index < -0.39 is 0 Å². The summed E-state index contributed by atoms with van der Waals surface area (Å²) in [5.74, 6) is 0.158. The van der Waals surface area contributed by atoms with Crippen molar-refractivity contribution in [3.05, 3.63) is 72.6 Å². The quantitative estimate of drug-likeness (QED) is 0.551. The molecule has 1 saturated carbocycles. The molecule has 36 heavy (non-hydrogen) atoms. The first-order valence-electron chi connectivity index (χ1n) is 12.6. The molecule has 2 N–H and O–H groups in total. The van der Waals surface area contributed by atoms with E-state index in [-0.39, 0.29) is 28.9 Å². The Labute approximate surface area is 210 Å². The Balaban J connectivity index is 1.19. The molecule has 3 heterocycles. The van der Waals surface area contributed by atoms with Crippen molar-refractivity contribution in [1.82, 2.24) is 20.4 Å². The van der Waals surface area contributed by atoms with E-state index in [9.17, 15) is 9.59 Å². The zero-order chi connectivity index (χ0) is 24.8. The zero-order valence-corrected chi connectivity index (χ0v) is 20.4. The van der Waals surface area contributed by atoms with Crippen LogP contribution in [0.5, 0.6) is 0 Å². The average Bonchev–Trinajstić information content (AvgIpc) is 3.22. The smallest absolute Gasteiger partial charge is 0.325 e. The molecule has 3 aliphatic rings. The van der Waals surface area contributed by atoms with Crippen molar-refractivity contribution in [2.75, 3.05) is 31.2 Å². The fourth-order valence-electron chi connectivity index (χ4n) is 5.70. The number of ether oxygens (including phenoxy) is 1. The molecule has 3 fully saturated rings. The van der Waals surface area contributed by atoms with Gasteiger partial charge >= 0.3 is 6.03 Å². The summed E-state index contributed by atoms with van der Waals surface area (Å²) in [5.41, 5.74) is 3.08. The standard InChI is InChI=1S/C28H31N5O3/c1-27(31-25(34)21-5-3-2-4-6-21)15-23(27)18-33-26(35)32(19-28(33)11-13-36-14-12-28)24-9-7-20(8-10-24)22-16-29-30-17-22/h2-10,16-17,23H,11-15,18-19H2,1H3,(H,29,30)(H,31,34). The Kier molecular flexibility index (Phi) is 5.56. The number of urea groups is 1. The van der Waals surface area contributed by atoms with Crippen LogP contribution in [0.25, 0.3) is 11.1 Å². The van der Waals surface area contributed by atoms with Crippen molar-refractivity contribution in [2.45, 2.75) is 37.3 Å². The summed E-state index contributed by atoms with van der Waals surface area (Å²) in [6.45, 7) is 4.68. The molecule has 8 heteroatoms. The molecule has 186 valence electrons. The van der Waals surface area contributed by atoms with E-state index >= 15 is 0 Å². The topological polar surface area (TPSA) is 90.6 Å².